The zero-order chi connectivity index (χ0) is 28.8. The summed E-state index contributed by atoms with van der Waals surface area (Å²) in [4.78, 5) is 32.5. The Morgan fingerprint density at radius 3 is 2.17 bits per heavy atom. The number of carbonyl (C=O) groups is 1. The Morgan fingerprint density at radius 2 is 1.57 bits per heavy atom. The highest BCUT2D eigenvalue weighted by atomic mass is 79.9. The Morgan fingerprint density at radius 1 is 0.975 bits per heavy atom. The number of halogens is 5. The van der Waals surface area contributed by atoms with E-state index in [-0.39, 0.29) is 29.1 Å². The van der Waals surface area contributed by atoms with E-state index in [2.05, 4.69) is 41.7 Å². The van der Waals surface area contributed by atoms with Crippen LogP contribution in [0.1, 0.15) is 47.6 Å². The molecule has 0 radical (unpaired) electrons. The number of nitrogens with two attached hydrogens (primary N) is 1. The monoisotopic (exact) mass is 685 g/mol. The van der Waals surface area contributed by atoms with Gasteiger partial charge in [0.2, 0.25) is 5.88 Å². The number of aromatic hydroxyl groups is 1. The summed E-state index contributed by atoms with van der Waals surface area (Å²) in [7, 11) is 0. The fourth-order valence-electron chi connectivity index (χ4n) is 5.66. The van der Waals surface area contributed by atoms with E-state index >= 15 is 0 Å². The lowest BCUT2D eigenvalue weighted by molar-refractivity contribution is -0.137. The maximum absolute atomic E-state index is 13.2. The molecule has 0 atom stereocenters. The molecule has 0 saturated carbocycles. The molecule has 0 spiro atoms. The van der Waals surface area contributed by atoms with Crippen molar-refractivity contribution in [1.82, 2.24) is 19.4 Å². The molecule has 2 aliphatic heterocycles. The second kappa shape index (κ2) is 11.2. The Hall–Kier alpha value is -2.77. The van der Waals surface area contributed by atoms with Crippen LogP contribution in [-0.4, -0.2) is 62.6 Å². The van der Waals surface area contributed by atoms with Gasteiger partial charge in [-0.2, -0.15) is 13.2 Å². The number of aromatic nitrogens is 2. The van der Waals surface area contributed by atoms with E-state index in [1.807, 2.05) is 4.90 Å². The number of likely N-dealkylation sites (tertiary alicyclic amines) is 2. The quantitative estimate of drug-likeness (QED) is 0.309. The van der Waals surface area contributed by atoms with Crippen LogP contribution in [0.15, 0.2) is 50.1 Å². The van der Waals surface area contributed by atoms with Gasteiger partial charge in [0.05, 0.1) is 11.3 Å². The first kappa shape index (κ1) is 28.7. The van der Waals surface area contributed by atoms with Crippen LogP contribution < -0.4 is 11.4 Å². The second-order valence-electron chi connectivity index (χ2n) is 10.2. The van der Waals surface area contributed by atoms with Gasteiger partial charge in [-0.1, -0.05) is 12.1 Å². The number of alkyl halides is 3. The molecule has 0 aliphatic carbocycles. The summed E-state index contributed by atoms with van der Waals surface area (Å²) in [6, 6.07) is 8.03. The number of piperidine rings is 2. The Bertz CT molecular complexity index is 1450. The average molecular weight is 687 g/mol. The lowest BCUT2D eigenvalue weighted by Gasteiger charge is -2.42. The number of nitrogen functional groups attached to an aromatic ring is 1. The molecule has 1 amide bonds. The van der Waals surface area contributed by atoms with Gasteiger partial charge in [0.15, 0.2) is 0 Å². The van der Waals surface area contributed by atoms with Crippen molar-refractivity contribution in [3.8, 4) is 17.1 Å². The maximum atomic E-state index is 13.2. The van der Waals surface area contributed by atoms with Gasteiger partial charge in [-0.05, 0) is 81.8 Å². The standard InChI is InChI=1S/C27H28Br2F3N5O3/c28-20-13-16(14-21(29)22(20)33)24(38)36-10-4-18(5-11-36)35-8-6-19(7-9-35)37-25(39)23(34-26(37)40)15-2-1-3-17(12-15)27(30,31)32/h1-3,12-14,18-19,39H,4-11,33H2,(H,34,40). The molecule has 8 nitrogen and oxygen atoms in total. The number of aromatic amines is 1. The fraction of sp³-hybridized carbons (Fsp3) is 0.407. The summed E-state index contributed by atoms with van der Waals surface area (Å²) in [5, 5.41) is 10.8. The van der Waals surface area contributed by atoms with Crippen molar-refractivity contribution in [2.75, 3.05) is 31.9 Å². The topological polar surface area (TPSA) is 108 Å². The predicted octanol–water partition coefficient (Wildman–Crippen LogP) is 5.62. The van der Waals surface area contributed by atoms with E-state index in [9.17, 15) is 27.9 Å². The number of carbonyl (C=O) groups excluding carboxylic acids is 1. The molecule has 2 saturated heterocycles. The van der Waals surface area contributed by atoms with E-state index in [4.69, 9.17) is 5.73 Å². The van der Waals surface area contributed by atoms with Gasteiger partial charge >= 0.3 is 11.9 Å². The van der Waals surface area contributed by atoms with Gasteiger partial charge < -0.3 is 25.6 Å². The van der Waals surface area contributed by atoms with Crippen molar-refractivity contribution in [3.05, 3.63) is 67.0 Å². The van der Waals surface area contributed by atoms with Crippen LogP contribution in [0.3, 0.4) is 0 Å². The molecular weight excluding hydrogens is 659 g/mol. The highest BCUT2D eigenvalue weighted by Gasteiger charge is 2.33. The van der Waals surface area contributed by atoms with Crippen molar-refractivity contribution < 1.29 is 23.1 Å². The Kier molecular flexibility index (Phi) is 8.08. The molecule has 3 heterocycles. The van der Waals surface area contributed by atoms with Gasteiger partial charge in [-0.25, -0.2) is 4.79 Å². The number of imidazole rings is 1. The van der Waals surface area contributed by atoms with E-state index in [1.54, 1.807) is 12.1 Å². The minimum absolute atomic E-state index is 0.0178. The van der Waals surface area contributed by atoms with Crippen molar-refractivity contribution >= 4 is 43.5 Å². The van der Waals surface area contributed by atoms with Gasteiger partial charge in [0.25, 0.3) is 5.91 Å². The zero-order valence-corrected chi connectivity index (χ0v) is 24.5. The van der Waals surface area contributed by atoms with E-state index < -0.39 is 17.4 Å². The van der Waals surface area contributed by atoms with Crippen molar-refractivity contribution in [1.29, 1.82) is 0 Å². The molecule has 2 fully saturated rings. The number of nitrogens with one attached hydrogen (secondary N) is 1. The normalized spacial score (nSPS) is 17.9. The average Bonchev–Trinajstić information content (AvgIpc) is 3.24. The van der Waals surface area contributed by atoms with Gasteiger partial charge in [0.1, 0.15) is 5.69 Å². The lowest BCUT2D eigenvalue weighted by Crippen LogP contribution is -2.49. The third kappa shape index (κ3) is 5.68. The first-order chi connectivity index (χ1) is 18.9. The van der Waals surface area contributed by atoms with Crippen LogP contribution >= 0.6 is 31.9 Å². The van der Waals surface area contributed by atoms with E-state index in [0.29, 0.717) is 65.3 Å². The first-order valence-corrected chi connectivity index (χ1v) is 14.5. The number of benzene rings is 2. The van der Waals surface area contributed by atoms with Gasteiger partial charge in [-0.3, -0.25) is 9.36 Å². The van der Waals surface area contributed by atoms with Crippen LogP contribution in [0, 0.1) is 0 Å². The Labute approximate surface area is 245 Å². The van der Waals surface area contributed by atoms with E-state index in [1.165, 1.54) is 16.7 Å². The minimum atomic E-state index is -4.53. The largest absolute Gasteiger partial charge is 0.493 e. The van der Waals surface area contributed by atoms with Gasteiger partial charge in [-0.15, -0.1) is 0 Å². The number of hydrogen-bond donors (Lipinski definition) is 3. The summed E-state index contributed by atoms with van der Waals surface area (Å²) in [5.41, 5.74) is 5.73. The number of anilines is 1. The van der Waals surface area contributed by atoms with Crippen molar-refractivity contribution in [2.24, 2.45) is 0 Å². The summed E-state index contributed by atoms with van der Waals surface area (Å²) in [5.74, 6) is -0.395. The predicted molar refractivity (Wildman–Crippen MR) is 152 cm³/mol. The summed E-state index contributed by atoms with van der Waals surface area (Å²) >= 11 is 6.78. The molecule has 1 aromatic heterocycles. The molecule has 0 unspecified atom stereocenters. The molecule has 3 aromatic rings. The highest BCUT2D eigenvalue weighted by molar-refractivity contribution is 9.11. The first-order valence-electron chi connectivity index (χ1n) is 12.9. The fourth-order valence-corrected chi connectivity index (χ4v) is 6.85. The van der Waals surface area contributed by atoms with Crippen LogP contribution in [0.4, 0.5) is 18.9 Å². The summed E-state index contributed by atoms with van der Waals surface area (Å²) in [6.45, 7) is 2.66. The SMILES string of the molecule is Nc1c(Br)cc(C(=O)N2CCC(N3CCC(n4c(O)c(-c5cccc(C(F)(F)F)c5)[nH]c4=O)CC3)CC2)cc1Br. The smallest absolute Gasteiger partial charge is 0.416 e. The number of hydrogen-bond acceptors (Lipinski definition) is 5. The summed E-state index contributed by atoms with van der Waals surface area (Å²) in [6.07, 6.45) is -1.67. The molecule has 4 N–H and O–H groups in total. The van der Waals surface area contributed by atoms with Crippen LogP contribution in [0.25, 0.3) is 11.3 Å². The molecular formula is C27H28Br2F3N5O3. The molecule has 2 aliphatic rings. The number of H-pyrrole nitrogens is 1. The number of rotatable bonds is 4. The zero-order valence-electron chi connectivity index (χ0n) is 21.3. The van der Waals surface area contributed by atoms with Crippen LogP contribution in [-0.2, 0) is 6.18 Å². The molecule has 40 heavy (non-hydrogen) atoms. The number of nitrogens with zero attached hydrogens (tertiary/aromatic N) is 3. The third-order valence-corrected chi connectivity index (χ3v) is 9.15. The van der Waals surface area contributed by atoms with Crippen molar-refractivity contribution in [2.45, 2.75) is 43.9 Å². The molecule has 214 valence electrons. The minimum Gasteiger partial charge on any atom is -0.493 e. The van der Waals surface area contributed by atoms with Crippen LogP contribution in [0.2, 0.25) is 0 Å². The highest BCUT2D eigenvalue weighted by Crippen LogP contribution is 2.36. The summed E-state index contributed by atoms with van der Waals surface area (Å²) < 4.78 is 42.1. The Balaban J connectivity index is 1.20. The van der Waals surface area contributed by atoms with Crippen LogP contribution in [0.5, 0.6) is 5.88 Å². The van der Waals surface area contributed by atoms with E-state index in [0.717, 1.165) is 25.0 Å². The lowest BCUT2D eigenvalue weighted by atomic mass is 9.97. The molecule has 5 rings (SSSR count). The molecule has 0 bridgehead atoms. The maximum Gasteiger partial charge on any atom is 0.416 e. The van der Waals surface area contributed by atoms with Crippen molar-refractivity contribution in [3.63, 3.8) is 0 Å². The molecule has 13 heteroatoms. The van der Waals surface area contributed by atoms with Gasteiger partial charge in [0, 0.05) is 58.3 Å². The second-order valence-corrected chi connectivity index (χ2v) is 11.9. The molecule has 2 aromatic carbocycles. The third-order valence-electron chi connectivity index (χ3n) is 7.84. The number of amides is 1.